The first-order valence-corrected chi connectivity index (χ1v) is 5.30. The predicted octanol–water partition coefficient (Wildman–Crippen LogP) is 3.24. The van der Waals surface area contributed by atoms with Gasteiger partial charge in [-0.1, -0.05) is 11.6 Å². The van der Waals surface area contributed by atoms with Crippen molar-refractivity contribution in [1.29, 1.82) is 0 Å². The quantitative estimate of drug-likeness (QED) is 0.931. The summed E-state index contributed by atoms with van der Waals surface area (Å²) in [4.78, 5) is 7.78. The van der Waals surface area contributed by atoms with Gasteiger partial charge in [-0.2, -0.15) is 4.98 Å². The Morgan fingerprint density at radius 1 is 1.22 bits per heavy atom. The number of rotatable bonds is 3. The molecule has 7 heteroatoms. The van der Waals surface area contributed by atoms with Gasteiger partial charge in [0, 0.05) is 25.2 Å². The van der Waals surface area contributed by atoms with Crippen LogP contribution in [0.2, 0.25) is 5.02 Å². The summed E-state index contributed by atoms with van der Waals surface area (Å²) in [6, 6.07) is 2.80. The van der Waals surface area contributed by atoms with Crippen molar-refractivity contribution in [2.24, 2.45) is 0 Å². The number of nitrogens with one attached hydrogen (secondary N) is 1. The fourth-order valence-electron chi connectivity index (χ4n) is 1.24. The normalized spacial score (nSPS) is 10.2. The average molecular weight is 272 g/mol. The molecule has 2 aromatic rings. The first-order valence-electron chi connectivity index (χ1n) is 4.92. The van der Waals surface area contributed by atoms with Gasteiger partial charge in [0.15, 0.2) is 0 Å². The standard InChI is InChI=1S/C11H8ClF2N3O/c1-15-11-16-5-9(12)10(17-11)18-8-3-6(13)2-7(14)4-8/h2-5H,1H3,(H,15,16,17). The largest absolute Gasteiger partial charge is 0.437 e. The molecule has 1 aromatic carbocycles. The lowest BCUT2D eigenvalue weighted by molar-refractivity contribution is 0.451. The van der Waals surface area contributed by atoms with Gasteiger partial charge in [-0.15, -0.1) is 0 Å². The molecule has 1 N–H and O–H groups in total. The molecule has 0 unspecified atom stereocenters. The van der Waals surface area contributed by atoms with Crippen molar-refractivity contribution in [3.05, 3.63) is 41.1 Å². The number of halogens is 3. The van der Waals surface area contributed by atoms with Crippen LogP contribution in [0.3, 0.4) is 0 Å². The Morgan fingerprint density at radius 2 is 1.89 bits per heavy atom. The lowest BCUT2D eigenvalue weighted by Crippen LogP contribution is -1.98. The maximum atomic E-state index is 13.0. The highest BCUT2D eigenvalue weighted by Crippen LogP contribution is 2.28. The Bertz CT molecular complexity index is 560. The Hall–Kier alpha value is -1.95. The maximum absolute atomic E-state index is 13.0. The summed E-state index contributed by atoms with van der Waals surface area (Å²) < 4.78 is 31.2. The van der Waals surface area contributed by atoms with E-state index in [9.17, 15) is 8.78 Å². The van der Waals surface area contributed by atoms with Crippen LogP contribution in [-0.2, 0) is 0 Å². The molecule has 0 saturated carbocycles. The molecule has 1 aromatic heterocycles. The molecule has 0 saturated heterocycles. The molecule has 0 spiro atoms. The summed E-state index contributed by atoms with van der Waals surface area (Å²) in [5.41, 5.74) is 0. The minimum atomic E-state index is -0.746. The van der Waals surface area contributed by atoms with Gasteiger partial charge in [0.2, 0.25) is 11.8 Å². The number of hydrogen-bond donors (Lipinski definition) is 1. The van der Waals surface area contributed by atoms with Crippen molar-refractivity contribution in [3.8, 4) is 11.6 Å². The third-order valence-corrected chi connectivity index (χ3v) is 2.25. The van der Waals surface area contributed by atoms with Gasteiger partial charge in [0.25, 0.3) is 0 Å². The molecule has 0 radical (unpaired) electrons. The minimum absolute atomic E-state index is 0.0148. The summed E-state index contributed by atoms with van der Waals surface area (Å²) >= 11 is 5.82. The van der Waals surface area contributed by atoms with Crippen molar-refractivity contribution in [2.75, 3.05) is 12.4 Å². The van der Waals surface area contributed by atoms with E-state index in [1.807, 2.05) is 0 Å². The topological polar surface area (TPSA) is 47.0 Å². The Balaban J connectivity index is 2.33. The van der Waals surface area contributed by atoms with Crippen LogP contribution in [0.1, 0.15) is 0 Å². The summed E-state index contributed by atoms with van der Waals surface area (Å²) in [5.74, 6) is -1.23. The van der Waals surface area contributed by atoms with E-state index in [0.717, 1.165) is 18.2 Å². The number of ether oxygens (including phenoxy) is 1. The Morgan fingerprint density at radius 3 is 2.50 bits per heavy atom. The first-order chi connectivity index (χ1) is 8.58. The second-order valence-corrected chi connectivity index (χ2v) is 3.71. The first kappa shape index (κ1) is 12.5. The fourth-order valence-corrected chi connectivity index (χ4v) is 1.37. The number of aromatic nitrogens is 2. The second kappa shape index (κ2) is 5.14. The summed E-state index contributed by atoms with van der Waals surface area (Å²) in [5, 5.41) is 2.83. The van der Waals surface area contributed by atoms with Gasteiger partial charge < -0.3 is 10.1 Å². The molecule has 0 aliphatic heterocycles. The van der Waals surface area contributed by atoms with Gasteiger partial charge >= 0.3 is 0 Å². The van der Waals surface area contributed by atoms with Crippen molar-refractivity contribution >= 4 is 17.5 Å². The number of anilines is 1. The van der Waals surface area contributed by atoms with Crippen LogP contribution in [-0.4, -0.2) is 17.0 Å². The Labute approximate surface area is 107 Å². The Kier molecular flexibility index (Phi) is 3.57. The van der Waals surface area contributed by atoms with E-state index in [0.29, 0.717) is 0 Å². The van der Waals surface area contributed by atoms with Gasteiger partial charge in [-0.3, -0.25) is 0 Å². The highest BCUT2D eigenvalue weighted by Gasteiger charge is 2.09. The number of benzene rings is 1. The predicted molar refractivity (Wildman–Crippen MR) is 63.0 cm³/mol. The molecule has 1 heterocycles. The molecular formula is C11H8ClF2N3O. The zero-order valence-electron chi connectivity index (χ0n) is 9.25. The van der Waals surface area contributed by atoms with Crippen molar-refractivity contribution in [2.45, 2.75) is 0 Å². The van der Waals surface area contributed by atoms with E-state index in [2.05, 4.69) is 15.3 Å². The molecule has 0 amide bonds. The molecule has 2 rings (SSSR count). The smallest absolute Gasteiger partial charge is 0.243 e. The monoisotopic (exact) mass is 271 g/mol. The molecule has 4 nitrogen and oxygen atoms in total. The van der Waals surface area contributed by atoms with Crippen LogP contribution in [0.4, 0.5) is 14.7 Å². The van der Waals surface area contributed by atoms with E-state index in [-0.39, 0.29) is 22.6 Å². The minimum Gasteiger partial charge on any atom is -0.437 e. The average Bonchev–Trinajstić information content (AvgIpc) is 2.30. The molecule has 0 aliphatic rings. The third kappa shape index (κ3) is 2.84. The van der Waals surface area contributed by atoms with Crippen LogP contribution in [0, 0.1) is 11.6 Å². The highest BCUT2D eigenvalue weighted by atomic mass is 35.5. The van der Waals surface area contributed by atoms with Gasteiger partial charge in [-0.05, 0) is 0 Å². The van der Waals surface area contributed by atoms with Crippen LogP contribution < -0.4 is 10.1 Å². The van der Waals surface area contributed by atoms with E-state index < -0.39 is 11.6 Å². The SMILES string of the molecule is CNc1ncc(Cl)c(Oc2cc(F)cc(F)c2)n1. The van der Waals surface area contributed by atoms with E-state index in [1.54, 1.807) is 7.05 Å². The number of hydrogen-bond acceptors (Lipinski definition) is 4. The molecule has 94 valence electrons. The summed E-state index contributed by atoms with van der Waals surface area (Å²) in [6.07, 6.45) is 1.32. The second-order valence-electron chi connectivity index (χ2n) is 3.30. The van der Waals surface area contributed by atoms with Gasteiger partial charge in [-0.25, -0.2) is 13.8 Å². The zero-order chi connectivity index (χ0) is 13.1. The number of nitrogens with zero attached hydrogens (tertiary/aromatic N) is 2. The van der Waals surface area contributed by atoms with E-state index in [1.165, 1.54) is 6.20 Å². The lowest BCUT2D eigenvalue weighted by atomic mass is 10.3. The van der Waals surface area contributed by atoms with Gasteiger partial charge in [0.05, 0.1) is 6.20 Å². The highest BCUT2D eigenvalue weighted by molar-refractivity contribution is 6.31. The van der Waals surface area contributed by atoms with Gasteiger partial charge in [0.1, 0.15) is 22.4 Å². The molecular weight excluding hydrogens is 264 g/mol. The molecule has 0 fully saturated rings. The fraction of sp³-hybridized carbons (Fsp3) is 0.0909. The van der Waals surface area contributed by atoms with Crippen LogP contribution in [0.5, 0.6) is 11.6 Å². The third-order valence-electron chi connectivity index (χ3n) is 1.99. The lowest BCUT2D eigenvalue weighted by Gasteiger charge is -2.07. The van der Waals surface area contributed by atoms with Crippen LogP contribution in [0.25, 0.3) is 0 Å². The van der Waals surface area contributed by atoms with Crippen LogP contribution in [0.15, 0.2) is 24.4 Å². The molecule has 0 bridgehead atoms. The van der Waals surface area contributed by atoms with Crippen molar-refractivity contribution in [3.63, 3.8) is 0 Å². The van der Waals surface area contributed by atoms with Crippen LogP contribution >= 0.6 is 11.6 Å². The molecule has 0 aliphatic carbocycles. The molecule has 0 atom stereocenters. The molecule has 18 heavy (non-hydrogen) atoms. The summed E-state index contributed by atoms with van der Waals surface area (Å²) in [6.45, 7) is 0. The zero-order valence-corrected chi connectivity index (χ0v) is 10.0. The van der Waals surface area contributed by atoms with Crippen molar-refractivity contribution in [1.82, 2.24) is 9.97 Å². The summed E-state index contributed by atoms with van der Waals surface area (Å²) in [7, 11) is 1.62. The van der Waals surface area contributed by atoms with E-state index in [4.69, 9.17) is 16.3 Å². The maximum Gasteiger partial charge on any atom is 0.243 e. The van der Waals surface area contributed by atoms with E-state index >= 15 is 0 Å². The van der Waals surface area contributed by atoms with Crippen molar-refractivity contribution < 1.29 is 13.5 Å².